The molecule has 2 aromatic carbocycles. The number of hydrogen-bond donors (Lipinski definition) is 1. The fourth-order valence-corrected chi connectivity index (χ4v) is 2.43. The molecular formula is C18H16ClF3N2O2. The van der Waals surface area contributed by atoms with E-state index in [1.54, 1.807) is 25.1 Å². The molecule has 138 valence electrons. The van der Waals surface area contributed by atoms with Gasteiger partial charge in [-0.05, 0) is 42.8 Å². The minimum atomic E-state index is -4.51. The molecule has 0 bridgehead atoms. The number of aryl methyl sites for hydroxylation is 1. The molecule has 8 heteroatoms. The van der Waals surface area contributed by atoms with Crippen molar-refractivity contribution < 1.29 is 22.8 Å². The van der Waals surface area contributed by atoms with Crippen LogP contribution in [0.1, 0.15) is 18.1 Å². The Balaban J connectivity index is 2.16. The Morgan fingerprint density at radius 2 is 1.85 bits per heavy atom. The second-order valence-corrected chi connectivity index (χ2v) is 6.07. The molecule has 0 radical (unpaired) electrons. The van der Waals surface area contributed by atoms with Gasteiger partial charge in [0, 0.05) is 23.3 Å². The summed E-state index contributed by atoms with van der Waals surface area (Å²) in [4.78, 5) is 25.3. The van der Waals surface area contributed by atoms with Crippen LogP contribution in [0.3, 0.4) is 0 Å². The van der Waals surface area contributed by atoms with E-state index in [2.05, 4.69) is 5.32 Å². The maximum atomic E-state index is 12.7. The zero-order valence-corrected chi connectivity index (χ0v) is 14.8. The van der Waals surface area contributed by atoms with Gasteiger partial charge in [0.05, 0.1) is 5.56 Å². The summed E-state index contributed by atoms with van der Waals surface area (Å²) in [5, 5.41) is 2.81. The lowest BCUT2D eigenvalue weighted by Crippen LogP contribution is -2.36. The highest BCUT2D eigenvalue weighted by Crippen LogP contribution is 2.30. The molecule has 26 heavy (non-hydrogen) atoms. The standard InChI is InChI=1S/C18H16ClF3N2O2/c1-11-6-7-15(9-16(11)19)24(12(2)25)10-17(26)23-14-5-3-4-13(8-14)18(20,21)22/h3-9H,10H2,1-2H3,(H,23,26). The van der Waals surface area contributed by atoms with Crippen LogP contribution in [-0.2, 0) is 15.8 Å². The first-order valence-corrected chi connectivity index (χ1v) is 7.97. The number of anilines is 2. The van der Waals surface area contributed by atoms with E-state index in [-0.39, 0.29) is 12.2 Å². The van der Waals surface area contributed by atoms with Crippen molar-refractivity contribution in [2.24, 2.45) is 0 Å². The zero-order valence-electron chi connectivity index (χ0n) is 14.0. The number of alkyl halides is 3. The molecule has 0 saturated carbocycles. The van der Waals surface area contributed by atoms with Gasteiger partial charge in [0.25, 0.3) is 0 Å². The smallest absolute Gasteiger partial charge is 0.325 e. The number of carbonyl (C=O) groups excluding carboxylic acids is 2. The van der Waals surface area contributed by atoms with Crippen LogP contribution in [0.4, 0.5) is 24.5 Å². The second-order valence-electron chi connectivity index (χ2n) is 5.67. The minimum Gasteiger partial charge on any atom is -0.325 e. The highest BCUT2D eigenvalue weighted by molar-refractivity contribution is 6.31. The Kier molecular flexibility index (Phi) is 5.92. The first-order chi connectivity index (χ1) is 12.1. The molecule has 0 heterocycles. The van der Waals surface area contributed by atoms with Crippen LogP contribution in [0.2, 0.25) is 5.02 Å². The van der Waals surface area contributed by atoms with E-state index >= 15 is 0 Å². The average molecular weight is 385 g/mol. The van der Waals surface area contributed by atoms with Gasteiger partial charge in [0.2, 0.25) is 11.8 Å². The molecule has 0 aliphatic heterocycles. The topological polar surface area (TPSA) is 49.4 Å². The van der Waals surface area contributed by atoms with Crippen molar-refractivity contribution in [2.45, 2.75) is 20.0 Å². The van der Waals surface area contributed by atoms with E-state index in [1.165, 1.54) is 24.0 Å². The van der Waals surface area contributed by atoms with Crippen LogP contribution in [-0.4, -0.2) is 18.4 Å². The van der Waals surface area contributed by atoms with E-state index in [0.29, 0.717) is 10.7 Å². The Bertz CT molecular complexity index is 837. The number of halogens is 4. The van der Waals surface area contributed by atoms with Crippen molar-refractivity contribution in [2.75, 3.05) is 16.8 Å². The first kappa shape index (κ1) is 19.8. The molecule has 2 amide bonds. The lowest BCUT2D eigenvalue weighted by molar-refractivity contribution is -0.137. The normalized spacial score (nSPS) is 11.2. The SMILES string of the molecule is CC(=O)N(CC(=O)Nc1cccc(C(F)(F)F)c1)c1ccc(C)c(Cl)c1. The summed E-state index contributed by atoms with van der Waals surface area (Å²) in [6.07, 6.45) is -4.51. The fraction of sp³-hybridized carbons (Fsp3) is 0.222. The molecule has 0 unspecified atom stereocenters. The van der Waals surface area contributed by atoms with E-state index in [4.69, 9.17) is 11.6 Å². The van der Waals surface area contributed by atoms with Crippen molar-refractivity contribution in [1.29, 1.82) is 0 Å². The summed E-state index contributed by atoms with van der Waals surface area (Å²) in [5.41, 5.74) is 0.360. The van der Waals surface area contributed by atoms with E-state index < -0.39 is 23.6 Å². The minimum absolute atomic E-state index is 0.00438. The van der Waals surface area contributed by atoms with Crippen LogP contribution in [0, 0.1) is 6.92 Å². The predicted molar refractivity (Wildman–Crippen MR) is 94.3 cm³/mol. The maximum Gasteiger partial charge on any atom is 0.416 e. The Hall–Kier alpha value is -2.54. The first-order valence-electron chi connectivity index (χ1n) is 7.59. The lowest BCUT2D eigenvalue weighted by atomic mass is 10.2. The van der Waals surface area contributed by atoms with Crippen molar-refractivity contribution in [3.05, 3.63) is 58.6 Å². The highest BCUT2D eigenvalue weighted by atomic mass is 35.5. The summed E-state index contributed by atoms with van der Waals surface area (Å²) < 4.78 is 38.2. The van der Waals surface area contributed by atoms with Gasteiger partial charge in [-0.2, -0.15) is 13.2 Å². The van der Waals surface area contributed by atoms with Crippen molar-refractivity contribution in [3.63, 3.8) is 0 Å². The number of benzene rings is 2. The molecule has 4 nitrogen and oxygen atoms in total. The molecule has 1 N–H and O–H groups in total. The monoisotopic (exact) mass is 384 g/mol. The molecule has 0 spiro atoms. The largest absolute Gasteiger partial charge is 0.416 e. The van der Waals surface area contributed by atoms with Crippen LogP contribution < -0.4 is 10.2 Å². The van der Waals surface area contributed by atoms with Gasteiger partial charge in [-0.25, -0.2) is 0 Å². The number of amides is 2. The molecule has 0 fully saturated rings. The lowest BCUT2D eigenvalue weighted by Gasteiger charge is -2.21. The van der Waals surface area contributed by atoms with Gasteiger partial charge in [-0.1, -0.05) is 23.7 Å². The number of nitrogens with zero attached hydrogens (tertiary/aromatic N) is 1. The third-order valence-corrected chi connectivity index (χ3v) is 4.03. The third kappa shape index (κ3) is 4.98. The van der Waals surface area contributed by atoms with Crippen molar-refractivity contribution in [1.82, 2.24) is 0 Å². The summed E-state index contributed by atoms with van der Waals surface area (Å²) in [6, 6.07) is 9.17. The van der Waals surface area contributed by atoms with Crippen molar-refractivity contribution in [3.8, 4) is 0 Å². The Morgan fingerprint density at radius 3 is 2.42 bits per heavy atom. The highest BCUT2D eigenvalue weighted by Gasteiger charge is 2.30. The van der Waals surface area contributed by atoms with Gasteiger partial charge >= 0.3 is 6.18 Å². The molecule has 0 aliphatic carbocycles. The average Bonchev–Trinajstić information content (AvgIpc) is 2.54. The fourth-order valence-electron chi connectivity index (χ4n) is 2.25. The van der Waals surface area contributed by atoms with Gasteiger partial charge < -0.3 is 10.2 Å². The van der Waals surface area contributed by atoms with E-state index in [9.17, 15) is 22.8 Å². The van der Waals surface area contributed by atoms with Crippen LogP contribution >= 0.6 is 11.6 Å². The van der Waals surface area contributed by atoms with Crippen LogP contribution in [0.5, 0.6) is 0 Å². The third-order valence-electron chi connectivity index (χ3n) is 3.62. The Labute approximate surface area is 153 Å². The van der Waals surface area contributed by atoms with E-state index in [1.807, 2.05) is 0 Å². The molecule has 0 atom stereocenters. The molecule has 2 rings (SSSR count). The molecule has 0 aliphatic rings. The number of nitrogens with one attached hydrogen (secondary N) is 1. The molecule has 2 aromatic rings. The van der Waals surface area contributed by atoms with Gasteiger partial charge in [-0.15, -0.1) is 0 Å². The quantitative estimate of drug-likeness (QED) is 0.833. The summed E-state index contributed by atoms with van der Waals surface area (Å²) >= 11 is 6.04. The number of hydrogen-bond acceptors (Lipinski definition) is 2. The summed E-state index contributed by atoms with van der Waals surface area (Å²) in [5.74, 6) is -1.03. The van der Waals surface area contributed by atoms with Gasteiger partial charge in [-0.3, -0.25) is 9.59 Å². The van der Waals surface area contributed by atoms with Gasteiger partial charge in [0.15, 0.2) is 0 Å². The second kappa shape index (κ2) is 7.78. The molecule has 0 aromatic heterocycles. The number of rotatable bonds is 4. The van der Waals surface area contributed by atoms with Crippen LogP contribution in [0.15, 0.2) is 42.5 Å². The zero-order chi connectivity index (χ0) is 19.5. The molecular weight excluding hydrogens is 369 g/mol. The van der Waals surface area contributed by atoms with Crippen LogP contribution in [0.25, 0.3) is 0 Å². The maximum absolute atomic E-state index is 12.7. The van der Waals surface area contributed by atoms with Gasteiger partial charge in [0.1, 0.15) is 6.54 Å². The predicted octanol–water partition coefficient (Wildman–Crippen LogP) is 4.66. The van der Waals surface area contributed by atoms with E-state index in [0.717, 1.165) is 17.7 Å². The number of carbonyl (C=O) groups is 2. The molecule has 0 saturated heterocycles. The summed E-state index contributed by atoms with van der Waals surface area (Å²) in [6.45, 7) is 2.72. The summed E-state index contributed by atoms with van der Waals surface area (Å²) in [7, 11) is 0. The van der Waals surface area contributed by atoms with Crippen molar-refractivity contribution >= 4 is 34.8 Å². The Morgan fingerprint density at radius 1 is 1.15 bits per heavy atom.